The summed E-state index contributed by atoms with van der Waals surface area (Å²) in [7, 11) is 0. The number of aromatic nitrogens is 2. The highest BCUT2D eigenvalue weighted by Gasteiger charge is 2.19. The maximum atomic E-state index is 13.4. The molecule has 1 unspecified atom stereocenters. The molecule has 4 rings (SSSR count). The molecule has 0 saturated carbocycles. The quantitative estimate of drug-likeness (QED) is 0.413. The van der Waals surface area contributed by atoms with Gasteiger partial charge >= 0.3 is 0 Å². The Kier molecular flexibility index (Phi) is 6.72. The van der Waals surface area contributed by atoms with Gasteiger partial charge in [-0.3, -0.25) is 9.59 Å². The summed E-state index contributed by atoms with van der Waals surface area (Å²) in [6.07, 6.45) is 5.40. The average Bonchev–Trinajstić information content (AvgIpc) is 3.51. The van der Waals surface area contributed by atoms with Gasteiger partial charge in [0.05, 0.1) is 12.4 Å². The summed E-state index contributed by atoms with van der Waals surface area (Å²) < 4.78 is 15.2. The van der Waals surface area contributed by atoms with Crippen LogP contribution in [0.1, 0.15) is 33.3 Å². The van der Waals surface area contributed by atoms with Crippen LogP contribution in [-0.2, 0) is 11.3 Å². The first-order chi connectivity index (χ1) is 15.6. The van der Waals surface area contributed by atoms with Crippen LogP contribution in [0.2, 0.25) is 0 Å². The molecule has 6 nitrogen and oxygen atoms in total. The van der Waals surface area contributed by atoms with Crippen LogP contribution in [0.3, 0.4) is 0 Å². The van der Waals surface area contributed by atoms with E-state index in [0.717, 1.165) is 10.4 Å². The van der Waals surface area contributed by atoms with Gasteiger partial charge in [-0.15, -0.1) is 11.3 Å². The first-order valence-electron chi connectivity index (χ1n) is 10.0. The van der Waals surface area contributed by atoms with Crippen molar-refractivity contribution in [3.63, 3.8) is 0 Å². The van der Waals surface area contributed by atoms with Crippen molar-refractivity contribution in [2.24, 2.45) is 0 Å². The van der Waals surface area contributed by atoms with Gasteiger partial charge < -0.3 is 15.2 Å². The lowest BCUT2D eigenvalue weighted by molar-refractivity contribution is -0.116. The van der Waals surface area contributed by atoms with E-state index >= 15 is 0 Å². The Balaban J connectivity index is 1.45. The van der Waals surface area contributed by atoms with Gasteiger partial charge in [0, 0.05) is 41.5 Å². The number of carbonyl (C=O) groups excluding carboxylic acids is 2. The summed E-state index contributed by atoms with van der Waals surface area (Å²) in [5, 5.41) is 7.78. The van der Waals surface area contributed by atoms with Crippen molar-refractivity contribution < 1.29 is 14.0 Å². The molecule has 0 saturated heterocycles. The summed E-state index contributed by atoms with van der Waals surface area (Å²) in [5.41, 5.74) is 1.75. The normalized spacial score (nSPS) is 11.7. The fourth-order valence-electron chi connectivity index (χ4n) is 3.26. The predicted octanol–water partition coefficient (Wildman–Crippen LogP) is 4.63. The second-order valence-corrected chi connectivity index (χ2v) is 8.13. The summed E-state index contributed by atoms with van der Waals surface area (Å²) in [6.45, 7) is 0.520. The zero-order valence-corrected chi connectivity index (χ0v) is 17.9. The summed E-state index contributed by atoms with van der Waals surface area (Å²) in [6, 6.07) is 16.3. The molecule has 2 amide bonds. The maximum Gasteiger partial charge on any atom is 0.252 e. The molecule has 0 aliphatic carbocycles. The number of hydrogen-bond acceptors (Lipinski definition) is 4. The number of rotatable bonds is 8. The van der Waals surface area contributed by atoms with Gasteiger partial charge in [0.2, 0.25) is 5.91 Å². The first-order valence-corrected chi connectivity index (χ1v) is 10.9. The topological polar surface area (TPSA) is 76.0 Å². The summed E-state index contributed by atoms with van der Waals surface area (Å²) >= 11 is 1.51. The van der Waals surface area contributed by atoms with Crippen LogP contribution in [0, 0.1) is 5.82 Å². The van der Waals surface area contributed by atoms with E-state index in [-0.39, 0.29) is 24.1 Å². The van der Waals surface area contributed by atoms with Gasteiger partial charge in [0.1, 0.15) is 5.82 Å². The van der Waals surface area contributed by atoms with Gasteiger partial charge in [0.25, 0.3) is 5.91 Å². The molecule has 0 aliphatic rings. The lowest BCUT2D eigenvalue weighted by Crippen LogP contribution is -2.29. The second-order valence-electron chi connectivity index (χ2n) is 7.15. The van der Waals surface area contributed by atoms with Crippen molar-refractivity contribution in [2.75, 3.05) is 5.32 Å². The Hall–Kier alpha value is -3.78. The summed E-state index contributed by atoms with van der Waals surface area (Å²) in [5.74, 6) is -0.775. The number of halogens is 1. The van der Waals surface area contributed by atoms with Gasteiger partial charge in [-0.2, -0.15) is 0 Å². The number of nitrogens with zero attached hydrogens (tertiary/aromatic N) is 2. The van der Waals surface area contributed by atoms with Crippen LogP contribution in [0.15, 0.2) is 84.8 Å². The number of aryl methyl sites for hydroxylation is 1. The number of imidazole rings is 1. The Bertz CT molecular complexity index is 1180. The zero-order valence-electron chi connectivity index (χ0n) is 17.1. The SMILES string of the molecule is O=C(CCn1ccnc1)Nc1cccc(C(=O)NC(c2ccc(F)cc2)c2cccs2)c1. The third kappa shape index (κ3) is 5.47. The van der Waals surface area contributed by atoms with E-state index in [1.54, 1.807) is 55.1 Å². The molecule has 1 atom stereocenters. The fourth-order valence-corrected chi connectivity index (χ4v) is 4.06. The molecule has 8 heteroatoms. The molecule has 0 aliphatic heterocycles. The van der Waals surface area contributed by atoms with Crippen LogP contribution in [0.4, 0.5) is 10.1 Å². The van der Waals surface area contributed by atoms with Crippen LogP contribution < -0.4 is 10.6 Å². The molecule has 2 aromatic carbocycles. The smallest absolute Gasteiger partial charge is 0.252 e. The number of nitrogens with one attached hydrogen (secondary N) is 2. The zero-order chi connectivity index (χ0) is 22.3. The highest BCUT2D eigenvalue weighted by molar-refractivity contribution is 7.10. The molecule has 0 bridgehead atoms. The minimum Gasteiger partial charge on any atom is -0.340 e. The van der Waals surface area contributed by atoms with Crippen molar-refractivity contribution in [2.45, 2.75) is 19.0 Å². The van der Waals surface area contributed by atoms with Crippen molar-refractivity contribution in [3.05, 3.63) is 107 Å². The molecular formula is C24H21FN4O2S. The molecule has 4 aromatic rings. The molecule has 32 heavy (non-hydrogen) atoms. The third-order valence-electron chi connectivity index (χ3n) is 4.87. The van der Waals surface area contributed by atoms with Crippen molar-refractivity contribution >= 4 is 28.8 Å². The molecular weight excluding hydrogens is 427 g/mol. The summed E-state index contributed by atoms with van der Waals surface area (Å²) in [4.78, 5) is 30.2. The van der Waals surface area contributed by atoms with Crippen molar-refractivity contribution in [1.29, 1.82) is 0 Å². The van der Waals surface area contributed by atoms with Crippen LogP contribution in [0.5, 0.6) is 0 Å². The van der Waals surface area contributed by atoms with Gasteiger partial charge in [0.15, 0.2) is 0 Å². The number of thiophene rings is 1. The lowest BCUT2D eigenvalue weighted by atomic mass is 10.0. The molecule has 0 fully saturated rings. The molecule has 2 aromatic heterocycles. The Labute approximate surface area is 188 Å². The van der Waals surface area contributed by atoms with Gasteiger partial charge in [-0.1, -0.05) is 24.3 Å². The average molecular weight is 449 g/mol. The van der Waals surface area contributed by atoms with E-state index in [9.17, 15) is 14.0 Å². The molecule has 2 heterocycles. The van der Waals surface area contributed by atoms with Crippen molar-refractivity contribution in [1.82, 2.24) is 14.9 Å². The number of anilines is 1. The first kappa shape index (κ1) is 21.5. The van der Waals surface area contributed by atoms with E-state index in [4.69, 9.17) is 0 Å². The number of carbonyl (C=O) groups is 2. The standard InChI is InChI=1S/C24H21FN4O2S/c25-19-8-6-17(7-9-19)23(21-5-2-14-32-21)28-24(31)18-3-1-4-20(15-18)27-22(30)10-12-29-13-11-26-16-29/h1-9,11,13-16,23H,10,12H2,(H,27,30)(H,28,31). The van der Waals surface area contributed by atoms with Gasteiger partial charge in [-0.05, 0) is 47.3 Å². The number of amides is 2. The van der Waals surface area contributed by atoms with Crippen LogP contribution in [-0.4, -0.2) is 21.4 Å². The number of benzene rings is 2. The second kappa shape index (κ2) is 10.0. The third-order valence-corrected chi connectivity index (χ3v) is 5.81. The Morgan fingerprint density at radius 1 is 1.09 bits per heavy atom. The Morgan fingerprint density at radius 2 is 1.94 bits per heavy atom. The van der Waals surface area contributed by atoms with Crippen molar-refractivity contribution in [3.8, 4) is 0 Å². The van der Waals surface area contributed by atoms with E-state index in [1.807, 2.05) is 22.1 Å². The highest BCUT2D eigenvalue weighted by Crippen LogP contribution is 2.27. The molecule has 0 radical (unpaired) electrons. The van der Waals surface area contributed by atoms with E-state index in [1.165, 1.54) is 23.5 Å². The van der Waals surface area contributed by atoms with Crippen LogP contribution in [0.25, 0.3) is 0 Å². The lowest BCUT2D eigenvalue weighted by Gasteiger charge is -2.18. The maximum absolute atomic E-state index is 13.4. The fraction of sp³-hybridized carbons (Fsp3) is 0.125. The Morgan fingerprint density at radius 3 is 2.66 bits per heavy atom. The monoisotopic (exact) mass is 448 g/mol. The largest absolute Gasteiger partial charge is 0.340 e. The predicted molar refractivity (Wildman–Crippen MR) is 122 cm³/mol. The van der Waals surface area contributed by atoms with E-state index in [0.29, 0.717) is 17.8 Å². The van der Waals surface area contributed by atoms with E-state index in [2.05, 4.69) is 15.6 Å². The molecule has 2 N–H and O–H groups in total. The van der Waals surface area contributed by atoms with Crippen LogP contribution >= 0.6 is 11.3 Å². The van der Waals surface area contributed by atoms with Gasteiger partial charge in [-0.25, -0.2) is 9.37 Å². The minimum absolute atomic E-state index is 0.154. The molecule has 162 valence electrons. The molecule has 0 spiro atoms. The number of hydrogen-bond donors (Lipinski definition) is 2. The van der Waals surface area contributed by atoms with E-state index < -0.39 is 6.04 Å². The minimum atomic E-state index is -0.406. The highest BCUT2D eigenvalue weighted by atomic mass is 32.1.